The summed E-state index contributed by atoms with van der Waals surface area (Å²) < 4.78 is 6.17. The van der Waals surface area contributed by atoms with Crippen molar-refractivity contribution in [3.63, 3.8) is 0 Å². The number of ether oxygens (including phenoxy) is 1. The van der Waals surface area contributed by atoms with Crippen molar-refractivity contribution < 1.29 is 9.53 Å². The first kappa shape index (κ1) is 14.0. The average molecular weight is 300 g/mol. The Balaban J connectivity index is 2.45. The first-order chi connectivity index (χ1) is 7.99. The van der Waals surface area contributed by atoms with Crippen LogP contribution in [0.1, 0.15) is 19.4 Å². The minimum Gasteiger partial charge on any atom is -0.449 e. The Hall–Kier alpha value is -1.03. The zero-order valence-corrected chi connectivity index (χ0v) is 12.0. The van der Waals surface area contributed by atoms with Crippen LogP contribution in [0.2, 0.25) is 0 Å². The van der Waals surface area contributed by atoms with Crippen molar-refractivity contribution in [1.29, 1.82) is 0 Å². The fraction of sp³-hybridized carbons (Fsp3) is 0.462. The summed E-state index contributed by atoms with van der Waals surface area (Å²) in [6.07, 6.45) is -0.276. The monoisotopic (exact) mass is 299 g/mol. The van der Waals surface area contributed by atoms with E-state index >= 15 is 0 Å². The number of rotatable bonds is 4. The van der Waals surface area contributed by atoms with E-state index in [-0.39, 0.29) is 6.09 Å². The summed E-state index contributed by atoms with van der Waals surface area (Å²) in [5, 5.41) is 0. The van der Waals surface area contributed by atoms with Crippen LogP contribution in [0.3, 0.4) is 0 Å². The van der Waals surface area contributed by atoms with Gasteiger partial charge in [0.25, 0.3) is 0 Å². The third kappa shape index (κ3) is 5.22. The van der Waals surface area contributed by atoms with Crippen LogP contribution in [0.25, 0.3) is 0 Å². The summed E-state index contributed by atoms with van der Waals surface area (Å²) in [6, 6.07) is 7.89. The Bertz CT molecular complexity index is 362. The third-order valence-electron chi connectivity index (χ3n) is 2.18. The van der Waals surface area contributed by atoms with Gasteiger partial charge in [0.1, 0.15) is 0 Å². The second-order valence-corrected chi connectivity index (χ2v) is 5.37. The fourth-order valence-electron chi connectivity index (χ4n) is 1.28. The van der Waals surface area contributed by atoms with Gasteiger partial charge in [0.05, 0.1) is 6.61 Å². The van der Waals surface area contributed by atoms with Gasteiger partial charge >= 0.3 is 6.09 Å². The maximum Gasteiger partial charge on any atom is 0.409 e. The van der Waals surface area contributed by atoms with E-state index in [0.717, 1.165) is 10.0 Å². The topological polar surface area (TPSA) is 29.5 Å². The fourth-order valence-corrected chi connectivity index (χ4v) is 1.54. The number of hydrogen-bond acceptors (Lipinski definition) is 2. The van der Waals surface area contributed by atoms with Crippen molar-refractivity contribution in [3.8, 4) is 0 Å². The summed E-state index contributed by atoms with van der Waals surface area (Å²) in [5.41, 5.74) is 1.08. The van der Waals surface area contributed by atoms with E-state index < -0.39 is 0 Å². The van der Waals surface area contributed by atoms with Crippen molar-refractivity contribution in [2.45, 2.75) is 20.4 Å². The van der Waals surface area contributed by atoms with Gasteiger partial charge in [-0.25, -0.2) is 4.79 Å². The highest BCUT2D eigenvalue weighted by Gasteiger charge is 2.10. The lowest BCUT2D eigenvalue weighted by molar-refractivity contribution is 0.0980. The zero-order chi connectivity index (χ0) is 12.8. The largest absolute Gasteiger partial charge is 0.449 e. The lowest BCUT2D eigenvalue weighted by Crippen LogP contribution is -2.28. The van der Waals surface area contributed by atoms with Crippen molar-refractivity contribution >= 4 is 22.0 Å². The molecule has 0 saturated carbocycles. The maximum absolute atomic E-state index is 11.6. The minimum absolute atomic E-state index is 0.276. The highest BCUT2D eigenvalue weighted by atomic mass is 79.9. The first-order valence-corrected chi connectivity index (χ1v) is 6.40. The number of carbonyl (C=O) groups is 1. The van der Waals surface area contributed by atoms with Crippen molar-refractivity contribution in [2.24, 2.45) is 5.92 Å². The Labute approximate surface area is 111 Å². The van der Waals surface area contributed by atoms with Gasteiger partial charge in [-0.2, -0.15) is 0 Å². The van der Waals surface area contributed by atoms with E-state index in [9.17, 15) is 4.79 Å². The number of amides is 1. The molecule has 0 heterocycles. The Morgan fingerprint density at radius 2 is 1.94 bits per heavy atom. The lowest BCUT2D eigenvalue weighted by atomic mass is 10.2. The molecular formula is C13H18BrNO2. The summed E-state index contributed by atoms with van der Waals surface area (Å²) in [6.45, 7) is 5.05. The van der Waals surface area contributed by atoms with Crippen molar-refractivity contribution in [1.82, 2.24) is 4.90 Å². The first-order valence-electron chi connectivity index (χ1n) is 5.61. The van der Waals surface area contributed by atoms with Gasteiger partial charge in [-0.05, 0) is 23.6 Å². The van der Waals surface area contributed by atoms with E-state index in [4.69, 9.17) is 4.74 Å². The van der Waals surface area contributed by atoms with E-state index in [2.05, 4.69) is 15.9 Å². The number of carbonyl (C=O) groups excluding carboxylic acids is 1. The Morgan fingerprint density at radius 1 is 1.35 bits per heavy atom. The normalized spacial score (nSPS) is 10.4. The summed E-state index contributed by atoms with van der Waals surface area (Å²) in [7, 11) is 1.74. The van der Waals surface area contributed by atoms with E-state index in [1.54, 1.807) is 11.9 Å². The molecule has 0 aromatic heterocycles. The third-order valence-corrected chi connectivity index (χ3v) is 2.71. The molecule has 0 N–H and O–H groups in total. The molecule has 94 valence electrons. The lowest BCUT2D eigenvalue weighted by Gasteiger charge is -2.17. The molecule has 0 atom stereocenters. The summed E-state index contributed by atoms with van der Waals surface area (Å²) >= 11 is 3.38. The molecule has 4 heteroatoms. The number of hydrogen-bond donors (Lipinski definition) is 0. The molecule has 17 heavy (non-hydrogen) atoms. The molecule has 0 spiro atoms. The van der Waals surface area contributed by atoms with Gasteiger partial charge in [-0.3, -0.25) is 0 Å². The molecule has 0 bridgehead atoms. The van der Waals surface area contributed by atoms with Gasteiger partial charge in [-0.1, -0.05) is 41.9 Å². The molecule has 0 unspecified atom stereocenters. The minimum atomic E-state index is -0.276. The van der Waals surface area contributed by atoms with Gasteiger partial charge in [0.2, 0.25) is 0 Å². The predicted molar refractivity (Wildman–Crippen MR) is 71.8 cm³/mol. The quantitative estimate of drug-likeness (QED) is 0.849. The highest BCUT2D eigenvalue weighted by Crippen LogP contribution is 2.12. The molecule has 0 aliphatic carbocycles. The van der Waals surface area contributed by atoms with Crippen LogP contribution in [0.5, 0.6) is 0 Å². The standard InChI is InChI=1S/C13H18BrNO2/c1-10(2)9-17-13(16)15(3)8-11-4-6-12(14)7-5-11/h4-7,10H,8-9H2,1-3H3. The summed E-state index contributed by atoms with van der Waals surface area (Å²) in [5.74, 6) is 0.361. The molecule has 0 aliphatic heterocycles. The molecule has 1 aromatic rings. The van der Waals surface area contributed by atoms with Crippen LogP contribution in [0.15, 0.2) is 28.7 Å². The van der Waals surface area contributed by atoms with Gasteiger partial charge in [0, 0.05) is 18.1 Å². The van der Waals surface area contributed by atoms with Crippen LogP contribution in [0.4, 0.5) is 4.79 Å². The van der Waals surface area contributed by atoms with E-state index in [0.29, 0.717) is 19.1 Å². The van der Waals surface area contributed by atoms with Crippen LogP contribution < -0.4 is 0 Å². The van der Waals surface area contributed by atoms with Gasteiger partial charge in [-0.15, -0.1) is 0 Å². The Morgan fingerprint density at radius 3 is 2.47 bits per heavy atom. The van der Waals surface area contributed by atoms with Crippen molar-refractivity contribution in [3.05, 3.63) is 34.3 Å². The van der Waals surface area contributed by atoms with Gasteiger partial charge in [0.15, 0.2) is 0 Å². The van der Waals surface area contributed by atoms with Crippen LogP contribution >= 0.6 is 15.9 Å². The molecule has 1 amide bonds. The molecule has 0 saturated heterocycles. The van der Waals surface area contributed by atoms with Gasteiger partial charge < -0.3 is 9.64 Å². The molecule has 0 aliphatic rings. The zero-order valence-electron chi connectivity index (χ0n) is 10.4. The molecule has 0 fully saturated rings. The van der Waals surface area contributed by atoms with Crippen LogP contribution in [0, 0.1) is 5.92 Å². The molecular weight excluding hydrogens is 282 g/mol. The molecule has 3 nitrogen and oxygen atoms in total. The predicted octanol–water partition coefficient (Wildman–Crippen LogP) is 3.67. The molecule has 1 rings (SSSR count). The van der Waals surface area contributed by atoms with Crippen LogP contribution in [-0.2, 0) is 11.3 Å². The Kier molecular flexibility index (Phi) is 5.48. The van der Waals surface area contributed by atoms with E-state index in [1.165, 1.54) is 0 Å². The highest BCUT2D eigenvalue weighted by molar-refractivity contribution is 9.10. The van der Waals surface area contributed by atoms with E-state index in [1.807, 2.05) is 38.1 Å². The number of benzene rings is 1. The van der Waals surface area contributed by atoms with Crippen molar-refractivity contribution in [2.75, 3.05) is 13.7 Å². The second-order valence-electron chi connectivity index (χ2n) is 4.45. The average Bonchev–Trinajstić information content (AvgIpc) is 2.28. The molecule has 1 aromatic carbocycles. The summed E-state index contributed by atoms with van der Waals surface area (Å²) in [4.78, 5) is 13.2. The molecule has 0 radical (unpaired) electrons. The number of halogens is 1. The smallest absolute Gasteiger partial charge is 0.409 e. The van der Waals surface area contributed by atoms with Crippen LogP contribution in [-0.4, -0.2) is 24.6 Å². The second kappa shape index (κ2) is 6.64. The number of nitrogens with zero attached hydrogens (tertiary/aromatic N) is 1. The SMILES string of the molecule is CC(C)COC(=O)N(C)Cc1ccc(Br)cc1. The maximum atomic E-state index is 11.6.